The third-order valence-electron chi connectivity index (χ3n) is 4.42. The van der Waals surface area contributed by atoms with E-state index < -0.39 is 10.0 Å². The molecule has 0 unspecified atom stereocenters. The molecule has 0 aliphatic rings. The van der Waals surface area contributed by atoms with Crippen molar-refractivity contribution < 1.29 is 13.2 Å². The number of benzene rings is 3. The van der Waals surface area contributed by atoms with Crippen LogP contribution >= 0.6 is 0 Å². The lowest BCUT2D eigenvalue weighted by atomic mass is 10.1. The molecular formula is C23H25NO3S. The van der Waals surface area contributed by atoms with Gasteiger partial charge in [-0.1, -0.05) is 60.2 Å². The van der Waals surface area contributed by atoms with Crippen LogP contribution in [0.5, 0.6) is 5.75 Å². The zero-order chi connectivity index (χ0) is 19.8. The fourth-order valence-electron chi connectivity index (χ4n) is 2.80. The number of rotatable bonds is 9. The molecule has 1 N–H and O–H groups in total. The van der Waals surface area contributed by atoms with Crippen LogP contribution in [0.3, 0.4) is 0 Å². The quantitative estimate of drug-likeness (QED) is 0.530. The van der Waals surface area contributed by atoms with E-state index in [2.05, 4.69) is 16.9 Å². The Hall–Kier alpha value is -2.63. The number of hydrogen-bond donors (Lipinski definition) is 1. The minimum absolute atomic E-state index is 0.299. The van der Waals surface area contributed by atoms with E-state index >= 15 is 0 Å². The molecular weight excluding hydrogens is 370 g/mol. The lowest BCUT2D eigenvalue weighted by Gasteiger charge is -2.09. The van der Waals surface area contributed by atoms with Crippen molar-refractivity contribution in [3.05, 3.63) is 84.4 Å². The molecule has 0 saturated heterocycles. The second-order valence-corrected chi connectivity index (χ2v) is 8.42. The van der Waals surface area contributed by atoms with E-state index in [4.69, 9.17) is 4.74 Å². The highest BCUT2D eigenvalue weighted by molar-refractivity contribution is 7.89. The predicted molar refractivity (Wildman–Crippen MR) is 113 cm³/mol. The first-order chi connectivity index (χ1) is 13.5. The third-order valence-corrected chi connectivity index (χ3v) is 5.90. The number of ether oxygens (including phenoxy) is 1. The molecule has 0 aliphatic carbocycles. The molecule has 0 bridgehead atoms. The van der Waals surface area contributed by atoms with Crippen molar-refractivity contribution in [3.63, 3.8) is 0 Å². The summed E-state index contributed by atoms with van der Waals surface area (Å²) in [4.78, 5) is 0.299. The molecule has 0 saturated carbocycles. The summed E-state index contributed by atoms with van der Waals surface area (Å²) in [6, 6.07) is 25.0. The SMILES string of the molecule is Cc1ccc(S(=O)(=O)NCCCCOc2ccc(-c3ccccc3)cc2)cc1. The standard InChI is InChI=1S/C23H25NO3S/c1-19-9-15-23(16-10-19)28(25,26)24-17-5-6-18-27-22-13-11-21(12-14-22)20-7-3-2-4-8-20/h2-4,7-16,24H,5-6,17-18H2,1H3. The van der Waals surface area contributed by atoms with Gasteiger partial charge in [0.05, 0.1) is 11.5 Å². The van der Waals surface area contributed by atoms with Crippen LogP contribution in [-0.4, -0.2) is 21.6 Å². The van der Waals surface area contributed by atoms with Crippen molar-refractivity contribution in [2.45, 2.75) is 24.7 Å². The zero-order valence-electron chi connectivity index (χ0n) is 16.0. The van der Waals surface area contributed by atoms with Crippen LogP contribution in [0.25, 0.3) is 11.1 Å². The number of hydrogen-bond acceptors (Lipinski definition) is 3. The van der Waals surface area contributed by atoms with Crippen molar-refractivity contribution >= 4 is 10.0 Å². The first-order valence-corrected chi connectivity index (χ1v) is 10.9. The molecule has 0 aliphatic heterocycles. The highest BCUT2D eigenvalue weighted by atomic mass is 32.2. The van der Waals surface area contributed by atoms with E-state index in [0.29, 0.717) is 24.5 Å². The van der Waals surface area contributed by atoms with Crippen LogP contribution < -0.4 is 9.46 Å². The van der Waals surface area contributed by atoms with Gasteiger partial charge in [0.15, 0.2) is 0 Å². The van der Waals surface area contributed by atoms with Gasteiger partial charge in [-0.05, 0) is 55.2 Å². The molecule has 3 aromatic rings. The summed E-state index contributed by atoms with van der Waals surface area (Å²) in [5, 5.41) is 0. The number of aryl methyl sites for hydroxylation is 1. The largest absolute Gasteiger partial charge is 0.494 e. The maximum absolute atomic E-state index is 12.2. The fourth-order valence-corrected chi connectivity index (χ4v) is 3.87. The molecule has 0 aromatic heterocycles. The van der Waals surface area contributed by atoms with Gasteiger partial charge in [0, 0.05) is 6.54 Å². The second-order valence-electron chi connectivity index (χ2n) is 6.66. The van der Waals surface area contributed by atoms with Crippen LogP contribution in [0, 0.1) is 6.92 Å². The summed E-state index contributed by atoms with van der Waals surface area (Å²) in [5.41, 5.74) is 3.36. The molecule has 3 rings (SSSR count). The minimum Gasteiger partial charge on any atom is -0.494 e. The zero-order valence-corrected chi connectivity index (χ0v) is 16.8. The van der Waals surface area contributed by atoms with E-state index in [9.17, 15) is 8.42 Å². The Labute approximate surface area is 167 Å². The first-order valence-electron chi connectivity index (χ1n) is 9.39. The normalized spacial score (nSPS) is 11.3. The van der Waals surface area contributed by atoms with Gasteiger partial charge in [0.2, 0.25) is 10.0 Å². The van der Waals surface area contributed by atoms with Gasteiger partial charge in [0.25, 0.3) is 0 Å². The van der Waals surface area contributed by atoms with Gasteiger partial charge in [-0.3, -0.25) is 0 Å². The fraction of sp³-hybridized carbons (Fsp3) is 0.217. The molecule has 28 heavy (non-hydrogen) atoms. The van der Waals surface area contributed by atoms with Gasteiger partial charge in [-0.25, -0.2) is 13.1 Å². The Morgan fingerprint density at radius 1 is 0.786 bits per heavy atom. The van der Waals surface area contributed by atoms with E-state index in [1.807, 2.05) is 49.4 Å². The smallest absolute Gasteiger partial charge is 0.240 e. The highest BCUT2D eigenvalue weighted by Crippen LogP contribution is 2.22. The predicted octanol–water partition coefficient (Wildman–Crippen LogP) is 4.80. The van der Waals surface area contributed by atoms with Crippen LogP contribution in [0.4, 0.5) is 0 Å². The molecule has 0 fully saturated rings. The van der Waals surface area contributed by atoms with Crippen LogP contribution in [0.15, 0.2) is 83.8 Å². The highest BCUT2D eigenvalue weighted by Gasteiger charge is 2.12. The maximum atomic E-state index is 12.2. The average molecular weight is 396 g/mol. The summed E-state index contributed by atoms with van der Waals surface area (Å²) >= 11 is 0. The maximum Gasteiger partial charge on any atom is 0.240 e. The monoisotopic (exact) mass is 395 g/mol. The molecule has 0 heterocycles. The minimum atomic E-state index is -3.44. The van der Waals surface area contributed by atoms with Gasteiger partial charge >= 0.3 is 0 Å². The number of unbranched alkanes of at least 4 members (excludes halogenated alkanes) is 1. The van der Waals surface area contributed by atoms with Crippen molar-refractivity contribution in [3.8, 4) is 16.9 Å². The number of nitrogens with one attached hydrogen (secondary N) is 1. The molecule has 3 aromatic carbocycles. The summed E-state index contributed by atoms with van der Waals surface area (Å²) < 4.78 is 32.8. The average Bonchev–Trinajstić information content (AvgIpc) is 2.72. The lowest BCUT2D eigenvalue weighted by Crippen LogP contribution is -2.25. The van der Waals surface area contributed by atoms with E-state index in [0.717, 1.165) is 23.3 Å². The molecule has 0 spiro atoms. The van der Waals surface area contributed by atoms with Crippen LogP contribution in [-0.2, 0) is 10.0 Å². The molecule has 0 atom stereocenters. The molecule has 5 heteroatoms. The molecule has 0 amide bonds. The van der Waals surface area contributed by atoms with Crippen molar-refractivity contribution in [2.75, 3.05) is 13.2 Å². The number of sulfonamides is 1. The first kappa shape index (κ1) is 20.1. The van der Waals surface area contributed by atoms with Crippen molar-refractivity contribution in [1.82, 2.24) is 4.72 Å². The summed E-state index contributed by atoms with van der Waals surface area (Å²) in [6.07, 6.45) is 1.49. The van der Waals surface area contributed by atoms with Crippen LogP contribution in [0.2, 0.25) is 0 Å². The lowest BCUT2D eigenvalue weighted by molar-refractivity contribution is 0.307. The molecule has 0 radical (unpaired) electrons. The van der Waals surface area contributed by atoms with Crippen molar-refractivity contribution in [1.29, 1.82) is 0 Å². The van der Waals surface area contributed by atoms with Crippen molar-refractivity contribution in [2.24, 2.45) is 0 Å². The Kier molecular flexibility index (Phi) is 6.85. The third kappa shape index (κ3) is 5.68. The Balaban J connectivity index is 1.38. The van der Waals surface area contributed by atoms with Gasteiger partial charge in [0.1, 0.15) is 5.75 Å². The van der Waals surface area contributed by atoms with E-state index in [1.54, 1.807) is 24.3 Å². The topological polar surface area (TPSA) is 55.4 Å². The summed E-state index contributed by atoms with van der Waals surface area (Å²) in [5.74, 6) is 0.819. The molecule has 4 nitrogen and oxygen atoms in total. The molecule has 146 valence electrons. The second kappa shape index (κ2) is 9.53. The van der Waals surface area contributed by atoms with Gasteiger partial charge < -0.3 is 4.74 Å². The van der Waals surface area contributed by atoms with Gasteiger partial charge in [-0.2, -0.15) is 0 Å². The summed E-state index contributed by atoms with van der Waals surface area (Å²) in [7, 11) is -3.44. The Morgan fingerprint density at radius 2 is 1.43 bits per heavy atom. The van der Waals surface area contributed by atoms with Gasteiger partial charge in [-0.15, -0.1) is 0 Å². The van der Waals surface area contributed by atoms with E-state index in [-0.39, 0.29) is 0 Å². The summed E-state index contributed by atoms with van der Waals surface area (Å²) in [6.45, 7) is 2.88. The van der Waals surface area contributed by atoms with E-state index in [1.165, 1.54) is 5.56 Å². The van der Waals surface area contributed by atoms with Crippen LogP contribution in [0.1, 0.15) is 18.4 Å². The Morgan fingerprint density at radius 3 is 2.11 bits per heavy atom. The Bertz CT molecular complexity index is 967.